The number of aryl methyl sites for hydroxylation is 1. The Hall–Kier alpha value is -1.72. The zero-order valence-electron chi connectivity index (χ0n) is 11.9. The summed E-state index contributed by atoms with van der Waals surface area (Å²) in [5.41, 5.74) is 3.12. The number of benzene rings is 1. The first kappa shape index (κ1) is 13.3. The summed E-state index contributed by atoms with van der Waals surface area (Å²) in [5, 5.41) is 6.45. The van der Waals surface area contributed by atoms with Gasteiger partial charge in [-0.05, 0) is 19.2 Å². The van der Waals surface area contributed by atoms with Crippen LogP contribution in [0, 0.1) is 0 Å². The molecule has 0 bridgehead atoms. The SMILES string of the molecule is CNCC(C)c1nc(-c2nc3ccccc3n2C)cs1. The summed E-state index contributed by atoms with van der Waals surface area (Å²) in [5.74, 6) is 1.36. The number of nitrogens with zero attached hydrogens (tertiary/aromatic N) is 3. The van der Waals surface area contributed by atoms with Gasteiger partial charge >= 0.3 is 0 Å². The van der Waals surface area contributed by atoms with Gasteiger partial charge in [-0.15, -0.1) is 11.3 Å². The Bertz CT molecular complexity index is 728. The molecule has 2 heterocycles. The molecule has 1 atom stereocenters. The second kappa shape index (κ2) is 5.34. The van der Waals surface area contributed by atoms with Crippen molar-refractivity contribution in [3.05, 3.63) is 34.7 Å². The number of hydrogen-bond acceptors (Lipinski definition) is 4. The van der Waals surface area contributed by atoms with E-state index >= 15 is 0 Å². The van der Waals surface area contributed by atoms with E-state index in [0.717, 1.165) is 34.1 Å². The van der Waals surface area contributed by atoms with E-state index < -0.39 is 0 Å². The van der Waals surface area contributed by atoms with Crippen LogP contribution in [-0.2, 0) is 7.05 Å². The normalized spacial score (nSPS) is 12.9. The van der Waals surface area contributed by atoms with E-state index in [9.17, 15) is 0 Å². The van der Waals surface area contributed by atoms with Gasteiger partial charge in [0.2, 0.25) is 0 Å². The molecule has 0 saturated carbocycles. The fourth-order valence-corrected chi connectivity index (χ4v) is 3.24. The Morgan fingerprint density at radius 2 is 2.10 bits per heavy atom. The Kier molecular flexibility index (Phi) is 3.54. The summed E-state index contributed by atoms with van der Waals surface area (Å²) >= 11 is 1.71. The van der Waals surface area contributed by atoms with Crippen LogP contribution in [0.1, 0.15) is 17.8 Å². The minimum absolute atomic E-state index is 0.424. The summed E-state index contributed by atoms with van der Waals surface area (Å²) in [6.07, 6.45) is 0. The third-order valence-electron chi connectivity index (χ3n) is 3.47. The Morgan fingerprint density at radius 1 is 1.30 bits per heavy atom. The Balaban J connectivity index is 2.01. The van der Waals surface area contributed by atoms with E-state index in [0.29, 0.717) is 5.92 Å². The predicted octanol–water partition coefficient (Wildman–Crippen LogP) is 3.02. The topological polar surface area (TPSA) is 42.7 Å². The molecule has 3 rings (SSSR count). The quantitative estimate of drug-likeness (QED) is 0.801. The van der Waals surface area contributed by atoms with E-state index in [4.69, 9.17) is 9.97 Å². The number of fused-ring (bicyclic) bond motifs is 1. The largest absolute Gasteiger partial charge is 0.326 e. The van der Waals surface area contributed by atoms with Gasteiger partial charge in [-0.2, -0.15) is 0 Å². The lowest BCUT2D eigenvalue weighted by Gasteiger charge is -2.05. The molecule has 104 valence electrons. The maximum Gasteiger partial charge on any atom is 0.160 e. The van der Waals surface area contributed by atoms with Crippen LogP contribution in [0.4, 0.5) is 0 Å². The highest BCUT2D eigenvalue weighted by molar-refractivity contribution is 7.10. The second-order valence-electron chi connectivity index (χ2n) is 5.01. The van der Waals surface area contributed by atoms with Gasteiger partial charge in [0.25, 0.3) is 0 Å². The maximum atomic E-state index is 4.75. The van der Waals surface area contributed by atoms with Crippen molar-refractivity contribution in [1.29, 1.82) is 0 Å². The van der Waals surface area contributed by atoms with Crippen LogP contribution >= 0.6 is 11.3 Å². The summed E-state index contributed by atoms with van der Waals surface area (Å²) in [6, 6.07) is 8.17. The fraction of sp³-hybridized carbons (Fsp3) is 0.333. The standard InChI is InChI=1S/C15H18N4S/c1-10(8-16-2)15-18-12(9-20-15)14-17-11-6-4-5-7-13(11)19(14)3/h4-7,9-10,16H,8H2,1-3H3. The molecule has 20 heavy (non-hydrogen) atoms. The number of nitrogens with one attached hydrogen (secondary N) is 1. The molecule has 0 aliphatic heterocycles. The van der Waals surface area contributed by atoms with Crippen molar-refractivity contribution < 1.29 is 0 Å². The molecule has 0 aliphatic carbocycles. The molecule has 0 aliphatic rings. The van der Waals surface area contributed by atoms with E-state index in [2.05, 4.69) is 28.3 Å². The summed E-state index contributed by atoms with van der Waals surface area (Å²) < 4.78 is 2.11. The van der Waals surface area contributed by atoms with Crippen LogP contribution in [-0.4, -0.2) is 28.1 Å². The van der Waals surface area contributed by atoms with Gasteiger partial charge in [0.15, 0.2) is 5.82 Å². The van der Waals surface area contributed by atoms with Crippen LogP contribution in [0.2, 0.25) is 0 Å². The first-order valence-electron chi connectivity index (χ1n) is 6.72. The molecule has 0 saturated heterocycles. The van der Waals surface area contributed by atoms with E-state index in [-0.39, 0.29) is 0 Å². The molecule has 1 unspecified atom stereocenters. The number of hydrogen-bond donors (Lipinski definition) is 1. The molecule has 0 radical (unpaired) electrons. The minimum atomic E-state index is 0.424. The number of rotatable bonds is 4. The van der Waals surface area contributed by atoms with Crippen molar-refractivity contribution in [2.45, 2.75) is 12.8 Å². The smallest absolute Gasteiger partial charge is 0.160 e. The van der Waals surface area contributed by atoms with E-state index in [1.54, 1.807) is 11.3 Å². The molecule has 5 heteroatoms. The minimum Gasteiger partial charge on any atom is -0.326 e. The average Bonchev–Trinajstić information content (AvgIpc) is 3.05. The first-order chi connectivity index (χ1) is 9.70. The van der Waals surface area contributed by atoms with Gasteiger partial charge < -0.3 is 9.88 Å². The van der Waals surface area contributed by atoms with Crippen molar-refractivity contribution in [2.24, 2.45) is 7.05 Å². The number of imidazole rings is 1. The van der Waals surface area contributed by atoms with Crippen molar-refractivity contribution >= 4 is 22.4 Å². The predicted molar refractivity (Wildman–Crippen MR) is 84.2 cm³/mol. The Labute approximate surface area is 122 Å². The van der Waals surface area contributed by atoms with Crippen LogP contribution in [0.25, 0.3) is 22.6 Å². The lowest BCUT2D eigenvalue weighted by molar-refractivity contribution is 0.674. The summed E-state index contributed by atoms with van der Waals surface area (Å²) in [6.45, 7) is 3.13. The van der Waals surface area contributed by atoms with Crippen molar-refractivity contribution in [2.75, 3.05) is 13.6 Å². The van der Waals surface area contributed by atoms with Crippen molar-refractivity contribution in [3.63, 3.8) is 0 Å². The zero-order valence-corrected chi connectivity index (χ0v) is 12.7. The maximum absolute atomic E-state index is 4.75. The first-order valence-corrected chi connectivity index (χ1v) is 7.60. The number of likely N-dealkylation sites (N-methyl/N-ethyl adjacent to an activating group) is 1. The third kappa shape index (κ3) is 2.23. The molecular weight excluding hydrogens is 268 g/mol. The molecule has 2 aromatic heterocycles. The molecule has 3 aromatic rings. The lowest BCUT2D eigenvalue weighted by Crippen LogP contribution is -2.14. The van der Waals surface area contributed by atoms with E-state index in [1.807, 2.05) is 32.3 Å². The van der Waals surface area contributed by atoms with Gasteiger partial charge in [0, 0.05) is 24.9 Å². The molecule has 0 spiro atoms. The molecule has 4 nitrogen and oxygen atoms in total. The van der Waals surface area contributed by atoms with E-state index in [1.165, 1.54) is 0 Å². The fourth-order valence-electron chi connectivity index (χ4n) is 2.38. The molecule has 0 fully saturated rings. The monoisotopic (exact) mass is 286 g/mol. The Morgan fingerprint density at radius 3 is 2.85 bits per heavy atom. The van der Waals surface area contributed by atoms with Gasteiger partial charge in [0.1, 0.15) is 5.69 Å². The summed E-state index contributed by atoms with van der Waals surface area (Å²) in [7, 11) is 4.01. The average molecular weight is 286 g/mol. The number of thiazole rings is 1. The second-order valence-corrected chi connectivity index (χ2v) is 5.90. The number of aromatic nitrogens is 3. The zero-order chi connectivity index (χ0) is 14.1. The molecule has 1 N–H and O–H groups in total. The van der Waals surface area contributed by atoms with Crippen LogP contribution in [0.3, 0.4) is 0 Å². The van der Waals surface area contributed by atoms with Crippen molar-refractivity contribution in [3.8, 4) is 11.5 Å². The van der Waals surface area contributed by atoms with Crippen LogP contribution in [0.15, 0.2) is 29.6 Å². The van der Waals surface area contributed by atoms with Crippen molar-refractivity contribution in [1.82, 2.24) is 19.9 Å². The highest BCUT2D eigenvalue weighted by atomic mass is 32.1. The third-order valence-corrected chi connectivity index (χ3v) is 4.55. The number of para-hydroxylation sites is 2. The molecule has 1 aromatic carbocycles. The van der Waals surface area contributed by atoms with Gasteiger partial charge in [-0.3, -0.25) is 0 Å². The lowest BCUT2D eigenvalue weighted by atomic mass is 10.2. The highest BCUT2D eigenvalue weighted by Crippen LogP contribution is 2.27. The van der Waals surface area contributed by atoms with Crippen LogP contribution < -0.4 is 5.32 Å². The van der Waals surface area contributed by atoms with Gasteiger partial charge in [-0.1, -0.05) is 19.1 Å². The highest BCUT2D eigenvalue weighted by Gasteiger charge is 2.15. The van der Waals surface area contributed by atoms with Gasteiger partial charge in [-0.25, -0.2) is 9.97 Å². The van der Waals surface area contributed by atoms with Crippen LogP contribution in [0.5, 0.6) is 0 Å². The van der Waals surface area contributed by atoms with Gasteiger partial charge in [0.05, 0.1) is 16.0 Å². The molecular formula is C15H18N4S. The molecule has 0 amide bonds. The summed E-state index contributed by atoms with van der Waals surface area (Å²) in [4.78, 5) is 9.44.